The summed E-state index contributed by atoms with van der Waals surface area (Å²) in [5.74, 6) is -0.124. The summed E-state index contributed by atoms with van der Waals surface area (Å²) in [5, 5.41) is 6.00. The van der Waals surface area contributed by atoms with Crippen molar-refractivity contribution < 1.29 is 9.59 Å². The van der Waals surface area contributed by atoms with E-state index >= 15 is 0 Å². The Morgan fingerprint density at radius 2 is 1.74 bits per heavy atom. The lowest BCUT2D eigenvalue weighted by Gasteiger charge is -2.24. The molecule has 0 saturated carbocycles. The molecule has 1 fully saturated rings. The fourth-order valence-corrected chi connectivity index (χ4v) is 3.40. The van der Waals surface area contributed by atoms with E-state index in [1.165, 1.54) is 5.56 Å². The number of amides is 3. The number of rotatable bonds is 2. The van der Waals surface area contributed by atoms with Crippen molar-refractivity contribution in [3.63, 3.8) is 0 Å². The van der Waals surface area contributed by atoms with Crippen molar-refractivity contribution in [1.82, 2.24) is 10.6 Å². The predicted molar refractivity (Wildman–Crippen MR) is 87.5 cm³/mol. The van der Waals surface area contributed by atoms with Crippen LogP contribution in [-0.4, -0.2) is 30.6 Å². The Balaban J connectivity index is 1.69. The molecule has 4 rings (SSSR count). The molecule has 1 saturated heterocycles. The SMILES string of the molecule is O=C1NC[C@H]2[C@H](Cc3ccccc3)NC(=O)N2c2ccccc21. The van der Waals surface area contributed by atoms with Crippen LogP contribution in [-0.2, 0) is 6.42 Å². The van der Waals surface area contributed by atoms with E-state index in [1.54, 1.807) is 11.0 Å². The maximum absolute atomic E-state index is 12.5. The first-order valence-electron chi connectivity index (χ1n) is 7.75. The minimum Gasteiger partial charge on any atom is -0.350 e. The molecule has 116 valence electrons. The van der Waals surface area contributed by atoms with Gasteiger partial charge in [-0.25, -0.2) is 4.79 Å². The zero-order valence-electron chi connectivity index (χ0n) is 12.5. The number of para-hydroxylation sites is 1. The molecule has 5 nitrogen and oxygen atoms in total. The van der Waals surface area contributed by atoms with Crippen molar-refractivity contribution in [1.29, 1.82) is 0 Å². The number of nitrogens with one attached hydrogen (secondary N) is 2. The van der Waals surface area contributed by atoms with Crippen LogP contribution in [0.15, 0.2) is 54.6 Å². The summed E-state index contributed by atoms with van der Waals surface area (Å²) in [6.45, 7) is 0.448. The number of hydrogen-bond donors (Lipinski definition) is 2. The molecule has 2 aliphatic heterocycles. The van der Waals surface area contributed by atoms with Crippen molar-refractivity contribution in [3.8, 4) is 0 Å². The van der Waals surface area contributed by atoms with Crippen molar-refractivity contribution in [2.45, 2.75) is 18.5 Å². The topological polar surface area (TPSA) is 61.4 Å². The second-order valence-corrected chi connectivity index (χ2v) is 5.91. The number of nitrogens with zero attached hydrogens (tertiary/aromatic N) is 1. The Morgan fingerprint density at radius 3 is 2.57 bits per heavy atom. The molecule has 2 N–H and O–H groups in total. The minimum absolute atomic E-state index is 0.0312. The summed E-state index contributed by atoms with van der Waals surface area (Å²) in [7, 11) is 0. The van der Waals surface area contributed by atoms with Gasteiger partial charge in [0.05, 0.1) is 23.3 Å². The van der Waals surface area contributed by atoms with Gasteiger partial charge in [-0.1, -0.05) is 42.5 Å². The van der Waals surface area contributed by atoms with Crippen molar-refractivity contribution >= 4 is 17.6 Å². The van der Waals surface area contributed by atoms with Gasteiger partial charge in [0.1, 0.15) is 0 Å². The van der Waals surface area contributed by atoms with Crippen LogP contribution < -0.4 is 15.5 Å². The van der Waals surface area contributed by atoms with Gasteiger partial charge in [0.2, 0.25) is 0 Å². The zero-order chi connectivity index (χ0) is 15.8. The highest BCUT2D eigenvalue weighted by molar-refractivity contribution is 6.07. The smallest absolute Gasteiger partial charge is 0.322 e. The molecule has 5 heteroatoms. The summed E-state index contributed by atoms with van der Waals surface area (Å²) in [6, 6.07) is 17.1. The first-order chi connectivity index (χ1) is 11.2. The summed E-state index contributed by atoms with van der Waals surface area (Å²) >= 11 is 0. The number of carbonyl (C=O) groups is 2. The van der Waals surface area contributed by atoms with Crippen molar-refractivity contribution in [3.05, 3.63) is 65.7 Å². The Kier molecular flexibility index (Phi) is 3.26. The van der Waals surface area contributed by atoms with E-state index in [-0.39, 0.29) is 24.0 Å². The Labute approximate surface area is 134 Å². The molecule has 2 aromatic carbocycles. The molecular formula is C18H17N3O2. The van der Waals surface area contributed by atoms with Gasteiger partial charge in [0, 0.05) is 6.54 Å². The normalized spacial score (nSPS) is 22.7. The molecule has 3 amide bonds. The Hall–Kier alpha value is -2.82. The van der Waals surface area contributed by atoms with Gasteiger partial charge in [-0.2, -0.15) is 0 Å². The largest absolute Gasteiger partial charge is 0.350 e. The van der Waals surface area contributed by atoms with E-state index in [1.807, 2.05) is 36.4 Å². The van der Waals surface area contributed by atoms with Crippen LogP contribution in [0.2, 0.25) is 0 Å². The summed E-state index contributed by atoms with van der Waals surface area (Å²) in [5.41, 5.74) is 2.40. The van der Waals surface area contributed by atoms with E-state index in [0.29, 0.717) is 17.8 Å². The van der Waals surface area contributed by atoms with Crippen LogP contribution in [0.5, 0.6) is 0 Å². The average molecular weight is 307 g/mol. The van der Waals surface area contributed by atoms with Gasteiger partial charge in [-0.15, -0.1) is 0 Å². The molecule has 2 aromatic rings. The highest BCUT2D eigenvalue weighted by Crippen LogP contribution is 2.30. The molecule has 0 bridgehead atoms. The van der Waals surface area contributed by atoms with Gasteiger partial charge < -0.3 is 10.6 Å². The fourth-order valence-electron chi connectivity index (χ4n) is 3.40. The monoisotopic (exact) mass is 307 g/mol. The number of fused-ring (bicyclic) bond motifs is 3. The van der Waals surface area contributed by atoms with Gasteiger partial charge in [-0.05, 0) is 24.1 Å². The summed E-state index contributed by atoms with van der Waals surface area (Å²) in [6.07, 6.45) is 0.742. The van der Waals surface area contributed by atoms with E-state index in [2.05, 4.69) is 22.8 Å². The predicted octanol–water partition coefficient (Wildman–Crippen LogP) is 1.94. The third-order valence-corrected chi connectivity index (χ3v) is 4.50. The molecule has 2 aliphatic rings. The molecule has 0 aromatic heterocycles. The second kappa shape index (κ2) is 5.43. The van der Waals surface area contributed by atoms with Gasteiger partial charge in [0.15, 0.2) is 0 Å². The number of anilines is 1. The van der Waals surface area contributed by atoms with E-state index in [4.69, 9.17) is 0 Å². The average Bonchev–Trinajstić information content (AvgIpc) is 2.79. The van der Waals surface area contributed by atoms with Crippen LogP contribution in [0.25, 0.3) is 0 Å². The minimum atomic E-state index is -0.139. The second-order valence-electron chi connectivity index (χ2n) is 5.91. The third-order valence-electron chi connectivity index (χ3n) is 4.50. The molecule has 0 radical (unpaired) electrons. The van der Waals surface area contributed by atoms with Gasteiger partial charge in [0.25, 0.3) is 5.91 Å². The van der Waals surface area contributed by atoms with Crippen molar-refractivity contribution in [2.24, 2.45) is 0 Å². The third kappa shape index (κ3) is 2.34. The van der Waals surface area contributed by atoms with Crippen LogP contribution in [0.3, 0.4) is 0 Å². The Bertz CT molecular complexity index is 760. The molecule has 23 heavy (non-hydrogen) atoms. The van der Waals surface area contributed by atoms with E-state index < -0.39 is 0 Å². The van der Waals surface area contributed by atoms with E-state index in [9.17, 15) is 9.59 Å². The van der Waals surface area contributed by atoms with Gasteiger partial charge in [-0.3, -0.25) is 9.69 Å². The van der Waals surface area contributed by atoms with Crippen LogP contribution in [0, 0.1) is 0 Å². The molecule has 2 atom stereocenters. The lowest BCUT2D eigenvalue weighted by Crippen LogP contribution is -2.44. The number of hydrogen-bond acceptors (Lipinski definition) is 2. The summed E-state index contributed by atoms with van der Waals surface area (Å²) < 4.78 is 0. The standard InChI is InChI=1S/C18H17N3O2/c22-17-13-8-4-5-9-15(13)21-16(11-19-17)14(20-18(21)23)10-12-6-2-1-3-7-12/h1-9,14,16H,10-11H2,(H,19,22)(H,20,23)/t14-,16-/m0/s1. The maximum Gasteiger partial charge on any atom is 0.322 e. The number of benzene rings is 2. The highest BCUT2D eigenvalue weighted by Gasteiger charge is 2.43. The first-order valence-corrected chi connectivity index (χ1v) is 7.75. The van der Waals surface area contributed by atoms with E-state index in [0.717, 1.165) is 6.42 Å². The van der Waals surface area contributed by atoms with Crippen LogP contribution in [0.4, 0.5) is 10.5 Å². The molecule has 0 unspecified atom stereocenters. The number of carbonyl (C=O) groups excluding carboxylic acids is 2. The molecule has 2 heterocycles. The fraction of sp³-hybridized carbons (Fsp3) is 0.222. The number of urea groups is 1. The zero-order valence-corrected chi connectivity index (χ0v) is 12.5. The highest BCUT2D eigenvalue weighted by atomic mass is 16.2. The maximum atomic E-state index is 12.5. The molecule has 0 spiro atoms. The molecule has 0 aliphatic carbocycles. The quantitative estimate of drug-likeness (QED) is 0.890. The lowest BCUT2D eigenvalue weighted by atomic mass is 10.00. The Morgan fingerprint density at radius 1 is 1.00 bits per heavy atom. The van der Waals surface area contributed by atoms with Crippen LogP contribution in [0.1, 0.15) is 15.9 Å². The van der Waals surface area contributed by atoms with Gasteiger partial charge >= 0.3 is 6.03 Å². The first kappa shape index (κ1) is 13.8. The van der Waals surface area contributed by atoms with Crippen molar-refractivity contribution in [2.75, 3.05) is 11.4 Å². The molecular weight excluding hydrogens is 290 g/mol. The summed E-state index contributed by atoms with van der Waals surface area (Å²) in [4.78, 5) is 26.5. The van der Waals surface area contributed by atoms with Crippen LogP contribution >= 0.6 is 0 Å². The lowest BCUT2D eigenvalue weighted by molar-refractivity contribution is 0.0954.